The van der Waals surface area contributed by atoms with Crippen LogP contribution in [-0.4, -0.2) is 9.81 Å². The van der Waals surface area contributed by atoms with Gasteiger partial charge in [0.1, 0.15) is 5.82 Å². The molecule has 15 heavy (non-hydrogen) atoms. The maximum Gasteiger partial charge on any atom is 0.126 e. The number of anilines is 1. The lowest BCUT2D eigenvalue weighted by atomic mass is 10.1. The number of nitrogen functional groups attached to an aromatic ring is 1. The SMILES string of the molecule is Nc1ncc(Cl)cc1CCC(Br)C1CC1. The summed E-state index contributed by atoms with van der Waals surface area (Å²) in [6.45, 7) is 0. The number of pyridine rings is 1. The Hall–Kier alpha value is -0.280. The van der Waals surface area contributed by atoms with Gasteiger partial charge in [-0.05, 0) is 43.2 Å². The third kappa shape index (κ3) is 3.08. The van der Waals surface area contributed by atoms with Gasteiger partial charge in [0.05, 0.1) is 5.02 Å². The second kappa shape index (κ2) is 4.71. The largest absolute Gasteiger partial charge is 0.383 e. The van der Waals surface area contributed by atoms with Crippen LogP contribution in [0.15, 0.2) is 12.3 Å². The van der Waals surface area contributed by atoms with Crippen LogP contribution in [0, 0.1) is 5.92 Å². The minimum absolute atomic E-state index is 0.606. The van der Waals surface area contributed by atoms with Crippen molar-refractivity contribution in [2.75, 3.05) is 5.73 Å². The van der Waals surface area contributed by atoms with Crippen molar-refractivity contribution in [1.29, 1.82) is 0 Å². The van der Waals surface area contributed by atoms with E-state index in [1.165, 1.54) is 12.8 Å². The van der Waals surface area contributed by atoms with Crippen LogP contribution in [0.25, 0.3) is 0 Å². The summed E-state index contributed by atoms with van der Waals surface area (Å²) in [6, 6.07) is 1.91. The second-order valence-corrected chi connectivity index (χ2v) is 5.70. The lowest BCUT2D eigenvalue weighted by Gasteiger charge is -2.09. The number of nitrogens with zero attached hydrogens (tertiary/aromatic N) is 1. The van der Waals surface area contributed by atoms with Gasteiger partial charge in [0.15, 0.2) is 0 Å². The highest BCUT2D eigenvalue weighted by Gasteiger charge is 2.28. The van der Waals surface area contributed by atoms with Crippen molar-refractivity contribution in [3.63, 3.8) is 0 Å². The van der Waals surface area contributed by atoms with Crippen molar-refractivity contribution in [2.24, 2.45) is 5.92 Å². The lowest BCUT2D eigenvalue weighted by molar-refractivity contribution is 0.696. The highest BCUT2D eigenvalue weighted by molar-refractivity contribution is 9.09. The highest BCUT2D eigenvalue weighted by atomic mass is 79.9. The zero-order chi connectivity index (χ0) is 10.8. The molecule has 2 N–H and O–H groups in total. The maximum absolute atomic E-state index is 5.88. The number of aryl methyl sites for hydroxylation is 1. The molecule has 2 rings (SSSR count). The summed E-state index contributed by atoms with van der Waals surface area (Å²) in [7, 11) is 0. The molecule has 0 saturated heterocycles. The summed E-state index contributed by atoms with van der Waals surface area (Å²) in [4.78, 5) is 4.67. The molecule has 1 fully saturated rings. The zero-order valence-corrected chi connectivity index (χ0v) is 10.8. The minimum Gasteiger partial charge on any atom is -0.383 e. The third-order valence-corrected chi connectivity index (χ3v) is 4.20. The molecular formula is C11H14BrClN2. The van der Waals surface area contributed by atoms with Gasteiger partial charge in [0.2, 0.25) is 0 Å². The van der Waals surface area contributed by atoms with E-state index < -0.39 is 0 Å². The minimum atomic E-state index is 0.606. The van der Waals surface area contributed by atoms with Crippen molar-refractivity contribution < 1.29 is 0 Å². The standard InChI is InChI=1S/C11H14BrClN2/c12-10(7-1-2-7)4-3-8-5-9(13)6-15-11(8)14/h5-7,10H,1-4H2,(H2,14,15). The van der Waals surface area contributed by atoms with Crippen LogP contribution in [0.3, 0.4) is 0 Å². The fraction of sp³-hybridized carbons (Fsp3) is 0.545. The third-order valence-electron chi connectivity index (χ3n) is 2.79. The summed E-state index contributed by atoms with van der Waals surface area (Å²) in [5.41, 5.74) is 6.84. The van der Waals surface area contributed by atoms with Gasteiger partial charge in [-0.1, -0.05) is 27.5 Å². The van der Waals surface area contributed by atoms with E-state index >= 15 is 0 Å². The van der Waals surface area contributed by atoms with Gasteiger partial charge >= 0.3 is 0 Å². The van der Waals surface area contributed by atoms with Gasteiger partial charge in [-0.3, -0.25) is 0 Å². The Bertz CT molecular complexity index is 352. The fourth-order valence-corrected chi connectivity index (χ4v) is 2.62. The molecule has 82 valence electrons. The van der Waals surface area contributed by atoms with E-state index in [2.05, 4.69) is 20.9 Å². The number of hydrogen-bond acceptors (Lipinski definition) is 2. The molecule has 1 atom stereocenters. The van der Waals surface area contributed by atoms with E-state index in [4.69, 9.17) is 17.3 Å². The van der Waals surface area contributed by atoms with Gasteiger partial charge in [0, 0.05) is 11.0 Å². The number of aromatic nitrogens is 1. The molecule has 1 aromatic heterocycles. The molecule has 1 aromatic rings. The summed E-state index contributed by atoms with van der Waals surface area (Å²) in [5, 5.41) is 0.664. The van der Waals surface area contributed by atoms with Crippen molar-refractivity contribution in [2.45, 2.75) is 30.5 Å². The molecule has 0 aliphatic heterocycles. The normalized spacial score (nSPS) is 17.7. The van der Waals surface area contributed by atoms with E-state index in [1.807, 2.05) is 6.07 Å². The Morgan fingerprint density at radius 2 is 2.33 bits per heavy atom. The maximum atomic E-state index is 5.88. The Balaban J connectivity index is 1.94. The average molecular weight is 290 g/mol. The van der Waals surface area contributed by atoms with Crippen LogP contribution < -0.4 is 5.73 Å². The fourth-order valence-electron chi connectivity index (χ4n) is 1.68. The first-order valence-electron chi connectivity index (χ1n) is 5.21. The quantitative estimate of drug-likeness (QED) is 0.863. The first kappa shape index (κ1) is 11.2. The summed E-state index contributed by atoms with van der Waals surface area (Å²) >= 11 is 9.59. The van der Waals surface area contributed by atoms with Crippen LogP contribution in [0.2, 0.25) is 5.02 Å². The first-order chi connectivity index (χ1) is 7.16. The van der Waals surface area contributed by atoms with Crippen molar-refractivity contribution in [3.8, 4) is 0 Å². The van der Waals surface area contributed by atoms with E-state index in [1.54, 1.807) is 6.20 Å². The second-order valence-electron chi connectivity index (χ2n) is 4.09. The van der Waals surface area contributed by atoms with E-state index in [0.29, 0.717) is 15.7 Å². The zero-order valence-electron chi connectivity index (χ0n) is 8.42. The predicted octanol–water partition coefficient (Wildman–Crippen LogP) is 3.42. The van der Waals surface area contributed by atoms with Crippen molar-refractivity contribution in [3.05, 3.63) is 22.8 Å². The Morgan fingerprint density at radius 1 is 1.60 bits per heavy atom. The first-order valence-corrected chi connectivity index (χ1v) is 6.50. The number of alkyl halides is 1. The van der Waals surface area contributed by atoms with Crippen LogP contribution >= 0.6 is 27.5 Å². The van der Waals surface area contributed by atoms with Crippen molar-refractivity contribution in [1.82, 2.24) is 4.98 Å². The van der Waals surface area contributed by atoms with E-state index in [9.17, 15) is 0 Å². The van der Waals surface area contributed by atoms with Crippen LogP contribution in [0.4, 0.5) is 5.82 Å². The number of hydrogen-bond donors (Lipinski definition) is 1. The number of nitrogens with two attached hydrogens (primary N) is 1. The van der Waals surface area contributed by atoms with Gasteiger partial charge < -0.3 is 5.73 Å². The predicted molar refractivity (Wildman–Crippen MR) is 67.4 cm³/mol. The summed E-state index contributed by atoms with van der Waals surface area (Å²) in [5.74, 6) is 1.48. The van der Waals surface area contributed by atoms with E-state index in [0.717, 1.165) is 24.3 Å². The monoisotopic (exact) mass is 288 g/mol. The molecule has 0 amide bonds. The molecule has 0 radical (unpaired) electrons. The molecule has 4 heteroatoms. The van der Waals surface area contributed by atoms with Gasteiger partial charge in [-0.25, -0.2) is 4.98 Å². The Labute approximate surface area is 103 Å². The van der Waals surface area contributed by atoms with Crippen LogP contribution in [0.5, 0.6) is 0 Å². The van der Waals surface area contributed by atoms with Crippen molar-refractivity contribution >= 4 is 33.3 Å². The van der Waals surface area contributed by atoms with Gasteiger partial charge in [-0.15, -0.1) is 0 Å². The van der Waals surface area contributed by atoms with E-state index in [-0.39, 0.29) is 0 Å². The Morgan fingerprint density at radius 3 is 3.00 bits per heavy atom. The Kier molecular flexibility index (Phi) is 3.52. The smallest absolute Gasteiger partial charge is 0.126 e. The molecule has 1 aliphatic carbocycles. The molecule has 1 heterocycles. The molecule has 0 spiro atoms. The molecule has 2 nitrogen and oxygen atoms in total. The highest BCUT2D eigenvalue weighted by Crippen LogP contribution is 2.38. The number of rotatable bonds is 4. The molecule has 1 saturated carbocycles. The lowest BCUT2D eigenvalue weighted by Crippen LogP contribution is -2.05. The molecule has 0 bridgehead atoms. The molecule has 1 aliphatic rings. The molecule has 0 aromatic carbocycles. The van der Waals surface area contributed by atoms with Gasteiger partial charge in [0.25, 0.3) is 0 Å². The number of halogens is 2. The average Bonchev–Trinajstić information content (AvgIpc) is 3.02. The van der Waals surface area contributed by atoms with Crippen LogP contribution in [-0.2, 0) is 6.42 Å². The summed E-state index contributed by atoms with van der Waals surface area (Å²) in [6.07, 6.45) is 6.37. The summed E-state index contributed by atoms with van der Waals surface area (Å²) < 4.78 is 0. The van der Waals surface area contributed by atoms with Gasteiger partial charge in [-0.2, -0.15) is 0 Å². The molecular weight excluding hydrogens is 275 g/mol. The molecule has 1 unspecified atom stereocenters. The topological polar surface area (TPSA) is 38.9 Å². The van der Waals surface area contributed by atoms with Crippen LogP contribution in [0.1, 0.15) is 24.8 Å².